The highest BCUT2D eigenvalue weighted by Gasteiger charge is 2.28. The molecule has 1 aliphatic rings. The predicted molar refractivity (Wildman–Crippen MR) is 54.0 cm³/mol. The first-order chi connectivity index (χ1) is 6.09. The molecule has 2 unspecified atom stereocenters. The highest BCUT2D eigenvalue weighted by Crippen LogP contribution is 2.38. The van der Waals surface area contributed by atoms with Crippen molar-refractivity contribution in [3.8, 4) is 0 Å². The van der Waals surface area contributed by atoms with Gasteiger partial charge in [-0.1, -0.05) is 18.5 Å². The smallest absolute Gasteiger partial charge is 0.0822 e. The van der Waals surface area contributed by atoms with Crippen molar-refractivity contribution < 1.29 is 5.11 Å². The Morgan fingerprint density at radius 2 is 2.15 bits per heavy atom. The number of aliphatic hydroxyl groups is 1. The van der Waals surface area contributed by atoms with E-state index in [2.05, 4.69) is 13.8 Å². The minimum absolute atomic E-state index is 0.326. The molecule has 2 atom stereocenters. The summed E-state index contributed by atoms with van der Waals surface area (Å²) >= 11 is 5.93. The second-order valence-corrected chi connectivity index (χ2v) is 4.35. The van der Waals surface area contributed by atoms with E-state index in [4.69, 9.17) is 11.6 Å². The average molecular weight is 197 g/mol. The first-order valence-corrected chi connectivity index (χ1v) is 4.94. The van der Waals surface area contributed by atoms with Crippen LogP contribution in [0.15, 0.2) is 12.1 Å². The predicted octanol–water partition coefficient (Wildman–Crippen LogP) is 2.87. The van der Waals surface area contributed by atoms with E-state index in [-0.39, 0.29) is 6.10 Å². The third-order valence-electron chi connectivity index (χ3n) is 2.86. The van der Waals surface area contributed by atoms with Gasteiger partial charge in [-0.2, -0.15) is 0 Å². The van der Waals surface area contributed by atoms with E-state index < -0.39 is 0 Å². The topological polar surface area (TPSA) is 20.2 Å². The van der Waals surface area contributed by atoms with Crippen LogP contribution in [0.25, 0.3) is 0 Å². The van der Waals surface area contributed by atoms with Crippen molar-refractivity contribution in [2.45, 2.75) is 26.4 Å². The zero-order valence-electron chi connectivity index (χ0n) is 7.84. The van der Waals surface area contributed by atoms with Crippen LogP contribution in [0.4, 0.5) is 0 Å². The number of hydrogen-bond donors (Lipinski definition) is 1. The van der Waals surface area contributed by atoms with Gasteiger partial charge in [0.25, 0.3) is 0 Å². The maximum Gasteiger partial charge on any atom is 0.0822 e. The normalized spacial score (nSPS) is 26.2. The van der Waals surface area contributed by atoms with E-state index in [1.54, 1.807) is 0 Å². The molecule has 2 rings (SSSR count). The number of aliphatic hydroxyl groups excluding tert-OH is 1. The number of aryl methyl sites for hydroxylation is 1. The summed E-state index contributed by atoms with van der Waals surface area (Å²) in [5, 5.41) is 10.6. The van der Waals surface area contributed by atoms with E-state index in [0.29, 0.717) is 5.92 Å². The molecular weight excluding hydrogens is 184 g/mol. The number of rotatable bonds is 0. The van der Waals surface area contributed by atoms with Crippen molar-refractivity contribution in [3.05, 3.63) is 33.8 Å². The van der Waals surface area contributed by atoms with Crippen LogP contribution in [0.3, 0.4) is 0 Å². The first-order valence-electron chi connectivity index (χ1n) is 4.56. The van der Waals surface area contributed by atoms with Gasteiger partial charge >= 0.3 is 0 Å². The van der Waals surface area contributed by atoms with Crippen LogP contribution in [-0.4, -0.2) is 5.11 Å². The molecule has 0 fully saturated rings. The van der Waals surface area contributed by atoms with Crippen LogP contribution in [0.5, 0.6) is 0 Å². The lowest BCUT2D eigenvalue weighted by Gasteiger charge is -2.08. The lowest BCUT2D eigenvalue weighted by Crippen LogP contribution is -2.00. The Morgan fingerprint density at radius 3 is 2.85 bits per heavy atom. The Bertz CT molecular complexity index is 346. The molecule has 1 aliphatic carbocycles. The van der Waals surface area contributed by atoms with Gasteiger partial charge in [0.2, 0.25) is 0 Å². The SMILES string of the molecule is Cc1cc(Cl)cc2c1CC(C)C2O. The minimum Gasteiger partial charge on any atom is -0.388 e. The van der Waals surface area contributed by atoms with Crippen LogP contribution in [0, 0.1) is 12.8 Å². The quantitative estimate of drug-likeness (QED) is 0.677. The van der Waals surface area contributed by atoms with E-state index in [1.807, 2.05) is 12.1 Å². The summed E-state index contributed by atoms with van der Waals surface area (Å²) in [4.78, 5) is 0. The van der Waals surface area contributed by atoms with Crippen molar-refractivity contribution in [1.29, 1.82) is 0 Å². The third kappa shape index (κ3) is 1.36. The number of hydrogen-bond acceptors (Lipinski definition) is 1. The van der Waals surface area contributed by atoms with E-state index >= 15 is 0 Å². The molecule has 0 aliphatic heterocycles. The fourth-order valence-electron chi connectivity index (χ4n) is 2.08. The minimum atomic E-state index is -0.326. The lowest BCUT2D eigenvalue weighted by atomic mass is 10.0. The summed E-state index contributed by atoms with van der Waals surface area (Å²) in [5.41, 5.74) is 3.51. The molecule has 1 N–H and O–H groups in total. The van der Waals surface area contributed by atoms with Gasteiger partial charge in [0.05, 0.1) is 6.10 Å². The molecule has 0 saturated carbocycles. The van der Waals surface area contributed by atoms with Crippen molar-refractivity contribution in [2.75, 3.05) is 0 Å². The lowest BCUT2D eigenvalue weighted by molar-refractivity contribution is 0.133. The fourth-order valence-corrected chi connectivity index (χ4v) is 2.36. The summed E-state index contributed by atoms with van der Waals surface area (Å²) in [6, 6.07) is 3.85. The summed E-state index contributed by atoms with van der Waals surface area (Å²) in [6.45, 7) is 4.12. The number of halogens is 1. The van der Waals surface area contributed by atoms with Gasteiger partial charge in [-0.25, -0.2) is 0 Å². The van der Waals surface area contributed by atoms with Crippen molar-refractivity contribution >= 4 is 11.6 Å². The number of benzene rings is 1. The van der Waals surface area contributed by atoms with E-state index in [0.717, 1.165) is 17.0 Å². The van der Waals surface area contributed by atoms with Crippen LogP contribution in [0.1, 0.15) is 29.7 Å². The van der Waals surface area contributed by atoms with E-state index in [1.165, 1.54) is 11.1 Å². The summed E-state index contributed by atoms with van der Waals surface area (Å²) in [7, 11) is 0. The van der Waals surface area contributed by atoms with Gasteiger partial charge < -0.3 is 5.11 Å². The van der Waals surface area contributed by atoms with Gasteiger partial charge in [-0.05, 0) is 48.1 Å². The summed E-state index contributed by atoms with van der Waals surface area (Å²) in [6.07, 6.45) is 0.645. The van der Waals surface area contributed by atoms with Crippen molar-refractivity contribution in [1.82, 2.24) is 0 Å². The molecular formula is C11H13ClO. The molecule has 0 aromatic heterocycles. The van der Waals surface area contributed by atoms with Crippen molar-refractivity contribution in [2.24, 2.45) is 5.92 Å². The van der Waals surface area contributed by atoms with Gasteiger partial charge in [0, 0.05) is 5.02 Å². The molecule has 0 radical (unpaired) electrons. The first kappa shape index (κ1) is 9.04. The van der Waals surface area contributed by atoms with Crippen molar-refractivity contribution in [3.63, 3.8) is 0 Å². The van der Waals surface area contributed by atoms with Crippen LogP contribution < -0.4 is 0 Å². The van der Waals surface area contributed by atoms with E-state index in [9.17, 15) is 5.11 Å². The Balaban J connectivity index is 2.57. The maximum absolute atomic E-state index is 9.84. The molecule has 0 spiro atoms. The summed E-state index contributed by atoms with van der Waals surface area (Å²) < 4.78 is 0. The molecule has 1 aromatic rings. The fraction of sp³-hybridized carbons (Fsp3) is 0.455. The zero-order valence-corrected chi connectivity index (χ0v) is 8.60. The molecule has 0 amide bonds. The molecule has 1 aromatic carbocycles. The van der Waals surface area contributed by atoms with Crippen LogP contribution >= 0.6 is 11.6 Å². The largest absolute Gasteiger partial charge is 0.388 e. The highest BCUT2D eigenvalue weighted by molar-refractivity contribution is 6.30. The standard InChI is InChI=1S/C11H13ClO/c1-6-3-8(12)5-10-9(6)4-7(2)11(10)13/h3,5,7,11,13H,4H2,1-2H3. The molecule has 13 heavy (non-hydrogen) atoms. The summed E-state index contributed by atoms with van der Waals surface area (Å²) in [5.74, 6) is 0.326. The number of fused-ring (bicyclic) bond motifs is 1. The molecule has 1 nitrogen and oxygen atoms in total. The maximum atomic E-state index is 9.84. The Labute approximate surface area is 83.3 Å². The van der Waals surface area contributed by atoms with Crippen LogP contribution in [-0.2, 0) is 6.42 Å². The molecule has 0 heterocycles. The average Bonchev–Trinajstić information content (AvgIpc) is 2.32. The third-order valence-corrected chi connectivity index (χ3v) is 3.07. The van der Waals surface area contributed by atoms with Crippen LogP contribution in [0.2, 0.25) is 5.02 Å². The second-order valence-electron chi connectivity index (χ2n) is 3.92. The second kappa shape index (κ2) is 3.00. The zero-order chi connectivity index (χ0) is 9.59. The monoisotopic (exact) mass is 196 g/mol. The van der Waals surface area contributed by atoms with Gasteiger partial charge in [0.15, 0.2) is 0 Å². The molecule has 0 bridgehead atoms. The molecule has 70 valence electrons. The Morgan fingerprint density at radius 1 is 1.46 bits per heavy atom. The molecule has 0 saturated heterocycles. The Hall–Kier alpha value is -0.530. The Kier molecular flexibility index (Phi) is 2.09. The van der Waals surface area contributed by atoms with Gasteiger partial charge in [-0.15, -0.1) is 0 Å². The van der Waals surface area contributed by atoms with Gasteiger partial charge in [-0.3, -0.25) is 0 Å². The highest BCUT2D eigenvalue weighted by atomic mass is 35.5. The van der Waals surface area contributed by atoms with Gasteiger partial charge in [0.1, 0.15) is 0 Å². The molecule has 2 heteroatoms.